The third-order valence-electron chi connectivity index (χ3n) is 1.56. The average molecular weight is 142 g/mol. The molecule has 0 aliphatic rings. The van der Waals surface area contributed by atoms with Crippen LogP contribution < -0.4 is 0 Å². The van der Waals surface area contributed by atoms with Gasteiger partial charge in [0.05, 0.1) is 0 Å². The summed E-state index contributed by atoms with van der Waals surface area (Å²) >= 11 is 0. The molecule has 0 spiro atoms. The van der Waals surface area contributed by atoms with Crippen LogP contribution in [0.25, 0.3) is 0 Å². The molecule has 0 N–H and O–H groups in total. The van der Waals surface area contributed by atoms with Gasteiger partial charge in [-0.05, 0) is 12.3 Å². The summed E-state index contributed by atoms with van der Waals surface area (Å²) < 4.78 is 0. The van der Waals surface area contributed by atoms with Crippen LogP contribution in [0.3, 0.4) is 0 Å². The topological polar surface area (TPSA) is 34.1 Å². The van der Waals surface area contributed by atoms with Crippen LogP contribution in [0.2, 0.25) is 0 Å². The van der Waals surface area contributed by atoms with Crippen LogP contribution in [0.4, 0.5) is 0 Å². The SMILES string of the molecule is CCCC(CC=O)CC=O. The van der Waals surface area contributed by atoms with E-state index in [-0.39, 0.29) is 0 Å². The van der Waals surface area contributed by atoms with E-state index in [0.29, 0.717) is 18.8 Å². The van der Waals surface area contributed by atoms with Gasteiger partial charge in [0.15, 0.2) is 0 Å². The Morgan fingerprint density at radius 2 is 1.70 bits per heavy atom. The Kier molecular flexibility index (Phi) is 6.03. The summed E-state index contributed by atoms with van der Waals surface area (Å²) in [7, 11) is 0. The first-order chi connectivity index (χ1) is 4.85. The molecule has 0 saturated heterocycles. The molecule has 0 bridgehead atoms. The maximum atomic E-state index is 10.0. The molecule has 58 valence electrons. The van der Waals surface area contributed by atoms with Crippen molar-refractivity contribution in [2.75, 3.05) is 0 Å². The van der Waals surface area contributed by atoms with Crippen molar-refractivity contribution in [3.05, 3.63) is 0 Å². The zero-order valence-corrected chi connectivity index (χ0v) is 6.38. The smallest absolute Gasteiger partial charge is 0.120 e. The van der Waals surface area contributed by atoms with E-state index in [0.717, 1.165) is 25.4 Å². The molecular formula is C8H14O2. The van der Waals surface area contributed by atoms with Crippen LogP contribution in [0.5, 0.6) is 0 Å². The summed E-state index contributed by atoms with van der Waals surface area (Å²) in [6.45, 7) is 2.06. The van der Waals surface area contributed by atoms with Crippen molar-refractivity contribution in [1.29, 1.82) is 0 Å². The van der Waals surface area contributed by atoms with Gasteiger partial charge in [0.1, 0.15) is 12.6 Å². The third-order valence-corrected chi connectivity index (χ3v) is 1.56. The number of carbonyl (C=O) groups is 2. The van der Waals surface area contributed by atoms with Gasteiger partial charge >= 0.3 is 0 Å². The summed E-state index contributed by atoms with van der Waals surface area (Å²) in [4.78, 5) is 20.1. The van der Waals surface area contributed by atoms with E-state index >= 15 is 0 Å². The molecule has 2 nitrogen and oxygen atoms in total. The molecule has 2 heteroatoms. The molecule has 10 heavy (non-hydrogen) atoms. The summed E-state index contributed by atoms with van der Waals surface area (Å²) in [5.74, 6) is 0.292. The molecule has 0 radical (unpaired) electrons. The lowest BCUT2D eigenvalue weighted by molar-refractivity contribution is -0.110. The van der Waals surface area contributed by atoms with Gasteiger partial charge in [-0.25, -0.2) is 0 Å². The molecule has 0 amide bonds. The lowest BCUT2D eigenvalue weighted by atomic mass is 9.98. The Bertz CT molecular complexity index is 89.4. The van der Waals surface area contributed by atoms with Crippen molar-refractivity contribution in [3.8, 4) is 0 Å². The van der Waals surface area contributed by atoms with Crippen LogP contribution in [0.15, 0.2) is 0 Å². The Labute approximate surface area is 61.6 Å². The van der Waals surface area contributed by atoms with E-state index < -0.39 is 0 Å². The van der Waals surface area contributed by atoms with Gasteiger partial charge in [-0.15, -0.1) is 0 Å². The Balaban J connectivity index is 3.48. The van der Waals surface area contributed by atoms with Crippen LogP contribution in [-0.4, -0.2) is 12.6 Å². The second kappa shape index (κ2) is 6.46. The van der Waals surface area contributed by atoms with Gasteiger partial charge in [-0.2, -0.15) is 0 Å². The highest BCUT2D eigenvalue weighted by atomic mass is 16.1. The molecular weight excluding hydrogens is 128 g/mol. The van der Waals surface area contributed by atoms with Gasteiger partial charge in [0, 0.05) is 12.8 Å². The fraction of sp³-hybridized carbons (Fsp3) is 0.750. The molecule has 0 unspecified atom stereocenters. The molecule has 0 fully saturated rings. The average Bonchev–Trinajstić information content (AvgIpc) is 1.90. The monoisotopic (exact) mass is 142 g/mol. The van der Waals surface area contributed by atoms with E-state index in [9.17, 15) is 9.59 Å². The van der Waals surface area contributed by atoms with Crippen molar-refractivity contribution >= 4 is 12.6 Å². The standard InChI is InChI=1S/C8H14O2/c1-2-3-8(4-6-9)5-7-10/h6-8H,2-5H2,1H3. The molecule has 0 heterocycles. The second-order valence-corrected chi connectivity index (χ2v) is 2.46. The highest BCUT2D eigenvalue weighted by molar-refractivity contribution is 5.54. The normalized spacial score (nSPS) is 9.80. The van der Waals surface area contributed by atoms with Gasteiger partial charge < -0.3 is 9.59 Å². The lowest BCUT2D eigenvalue weighted by Crippen LogP contribution is -2.01. The number of aldehydes is 2. The number of hydrogen-bond acceptors (Lipinski definition) is 2. The Morgan fingerprint density at radius 1 is 1.20 bits per heavy atom. The molecule has 0 rings (SSSR count). The van der Waals surface area contributed by atoms with Crippen LogP contribution in [-0.2, 0) is 9.59 Å². The van der Waals surface area contributed by atoms with Gasteiger partial charge in [0.2, 0.25) is 0 Å². The van der Waals surface area contributed by atoms with Crippen molar-refractivity contribution in [3.63, 3.8) is 0 Å². The predicted molar refractivity (Wildman–Crippen MR) is 39.8 cm³/mol. The number of rotatable bonds is 6. The van der Waals surface area contributed by atoms with Gasteiger partial charge in [-0.1, -0.05) is 13.3 Å². The van der Waals surface area contributed by atoms with Crippen molar-refractivity contribution in [1.82, 2.24) is 0 Å². The molecule has 0 aromatic rings. The predicted octanol–water partition coefficient (Wildman–Crippen LogP) is 1.58. The van der Waals surface area contributed by atoms with Gasteiger partial charge in [0.25, 0.3) is 0 Å². The Hall–Kier alpha value is -0.660. The molecule has 0 aliphatic heterocycles. The van der Waals surface area contributed by atoms with Crippen LogP contribution >= 0.6 is 0 Å². The minimum Gasteiger partial charge on any atom is -0.303 e. The first kappa shape index (κ1) is 9.34. The van der Waals surface area contributed by atoms with Crippen LogP contribution in [0.1, 0.15) is 32.6 Å². The molecule has 0 atom stereocenters. The molecule has 0 aromatic heterocycles. The van der Waals surface area contributed by atoms with Crippen molar-refractivity contribution < 1.29 is 9.59 Å². The van der Waals surface area contributed by atoms with E-state index in [1.165, 1.54) is 0 Å². The fourth-order valence-electron chi connectivity index (χ4n) is 1.01. The second-order valence-electron chi connectivity index (χ2n) is 2.46. The highest BCUT2D eigenvalue weighted by Crippen LogP contribution is 2.11. The van der Waals surface area contributed by atoms with Crippen LogP contribution in [0, 0.1) is 5.92 Å². The zero-order valence-electron chi connectivity index (χ0n) is 6.38. The minimum atomic E-state index is 0.292. The first-order valence-corrected chi connectivity index (χ1v) is 3.72. The van der Waals surface area contributed by atoms with E-state index in [1.807, 2.05) is 0 Å². The minimum absolute atomic E-state index is 0.292. The summed E-state index contributed by atoms with van der Waals surface area (Å²) in [5.41, 5.74) is 0. The molecule has 0 aromatic carbocycles. The highest BCUT2D eigenvalue weighted by Gasteiger charge is 2.04. The van der Waals surface area contributed by atoms with E-state index in [4.69, 9.17) is 0 Å². The fourth-order valence-corrected chi connectivity index (χ4v) is 1.01. The maximum absolute atomic E-state index is 10.0. The van der Waals surface area contributed by atoms with E-state index in [1.54, 1.807) is 0 Å². The Morgan fingerprint density at radius 3 is 2.00 bits per heavy atom. The van der Waals surface area contributed by atoms with Gasteiger partial charge in [-0.3, -0.25) is 0 Å². The largest absolute Gasteiger partial charge is 0.303 e. The first-order valence-electron chi connectivity index (χ1n) is 3.72. The maximum Gasteiger partial charge on any atom is 0.120 e. The lowest BCUT2D eigenvalue weighted by Gasteiger charge is -2.06. The van der Waals surface area contributed by atoms with Crippen molar-refractivity contribution in [2.45, 2.75) is 32.6 Å². The van der Waals surface area contributed by atoms with E-state index in [2.05, 4.69) is 6.92 Å². The number of hydrogen-bond donors (Lipinski definition) is 0. The molecule has 0 aliphatic carbocycles. The molecule has 0 saturated carbocycles. The summed E-state index contributed by atoms with van der Waals surface area (Å²) in [6, 6.07) is 0. The van der Waals surface area contributed by atoms with Crippen molar-refractivity contribution in [2.24, 2.45) is 5.92 Å². The summed E-state index contributed by atoms with van der Waals surface area (Å²) in [5, 5.41) is 0. The zero-order chi connectivity index (χ0) is 7.82. The third kappa shape index (κ3) is 4.24. The summed E-state index contributed by atoms with van der Waals surface area (Å²) in [6.07, 6.45) is 4.89. The quantitative estimate of drug-likeness (QED) is 0.527. The number of carbonyl (C=O) groups excluding carboxylic acids is 2.